The molecule has 1 amide bonds. The van der Waals surface area contributed by atoms with E-state index in [1.807, 2.05) is 0 Å². The summed E-state index contributed by atoms with van der Waals surface area (Å²) < 4.78 is 14.4. The molecule has 1 aliphatic heterocycles. The summed E-state index contributed by atoms with van der Waals surface area (Å²) in [4.78, 5) is 15.1. The average Bonchev–Trinajstić information content (AvgIpc) is 2.84. The second-order valence-electron chi connectivity index (χ2n) is 5.05. The first-order valence-corrected chi connectivity index (χ1v) is 7.42. The van der Waals surface area contributed by atoms with Crippen molar-refractivity contribution in [3.05, 3.63) is 34.2 Å². The van der Waals surface area contributed by atoms with E-state index in [0.717, 1.165) is 25.9 Å². The summed E-state index contributed by atoms with van der Waals surface area (Å²) in [6.45, 7) is 1.78. The van der Waals surface area contributed by atoms with Gasteiger partial charge in [0.1, 0.15) is 11.5 Å². The van der Waals surface area contributed by atoms with E-state index in [1.54, 1.807) is 12.1 Å². The van der Waals surface area contributed by atoms with Crippen LogP contribution in [0.5, 0.6) is 0 Å². The minimum absolute atomic E-state index is 0.138. The maximum atomic E-state index is 13.8. The summed E-state index contributed by atoms with van der Waals surface area (Å²) in [6.07, 6.45) is 2.03. The highest BCUT2D eigenvalue weighted by molar-refractivity contribution is 9.10. The fourth-order valence-electron chi connectivity index (χ4n) is 2.52. The van der Waals surface area contributed by atoms with Gasteiger partial charge in [-0.05, 0) is 37.6 Å². The Labute approximate surface area is 124 Å². The van der Waals surface area contributed by atoms with Crippen molar-refractivity contribution in [2.45, 2.75) is 18.9 Å². The van der Waals surface area contributed by atoms with Gasteiger partial charge in [-0.25, -0.2) is 4.39 Å². The molecular formula is C14H15BrFN3O. The van der Waals surface area contributed by atoms with Crippen LogP contribution in [-0.2, 0) is 0 Å². The SMILES string of the molecule is O=C(N[C@@H]1CCCNC1)c1cc2c(F)cc(Br)cc2[nH]1. The number of amides is 1. The minimum atomic E-state index is -0.344. The number of halogens is 2. The van der Waals surface area contributed by atoms with Crippen molar-refractivity contribution in [2.24, 2.45) is 0 Å². The molecule has 1 saturated heterocycles. The Morgan fingerprint density at radius 3 is 3.00 bits per heavy atom. The second kappa shape index (κ2) is 5.54. The predicted octanol–water partition coefficient (Wildman–Crippen LogP) is 2.55. The molecule has 0 bridgehead atoms. The number of fused-ring (bicyclic) bond motifs is 1. The number of carbonyl (C=O) groups is 1. The number of aromatic amines is 1. The van der Waals surface area contributed by atoms with Gasteiger partial charge in [0, 0.05) is 22.4 Å². The first-order valence-electron chi connectivity index (χ1n) is 6.63. The van der Waals surface area contributed by atoms with Crippen molar-refractivity contribution in [1.82, 2.24) is 15.6 Å². The van der Waals surface area contributed by atoms with Crippen LogP contribution in [0.3, 0.4) is 0 Å². The zero-order valence-electron chi connectivity index (χ0n) is 10.8. The second-order valence-corrected chi connectivity index (χ2v) is 5.96. The Kier molecular flexibility index (Phi) is 3.76. The summed E-state index contributed by atoms with van der Waals surface area (Å²) in [6, 6.07) is 4.85. The van der Waals surface area contributed by atoms with Gasteiger partial charge in [0.15, 0.2) is 0 Å². The van der Waals surface area contributed by atoms with Crippen molar-refractivity contribution in [3.8, 4) is 0 Å². The molecule has 1 aromatic heterocycles. The van der Waals surface area contributed by atoms with Gasteiger partial charge in [0.2, 0.25) is 0 Å². The first kappa shape index (κ1) is 13.6. The topological polar surface area (TPSA) is 56.9 Å². The van der Waals surface area contributed by atoms with Gasteiger partial charge in [-0.2, -0.15) is 0 Å². The number of aromatic nitrogens is 1. The highest BCUT2D eigenvalue weighted by Gasteiger charge is 2.18. The third-order valence-electron chi connectivity index (χ3n) is 3.53. The lowest BCUT2D eigenvalue weighted by molar-refractivity contribution is 0.0926. The van der Waals surface area contributed by atoms with E-state index in [-0.39, 0.29) is 17.8 Å². The van der Waals surface area contributed by atoms with Crippen LogP contribution < -0.4 is 10.6 Å². The molecule has 106 valence electrons. The third kappa shape index (κ3) is 2.71. The maximum absolute atomic E-state index is 13.8. The Bertz CT molecular complexity index is 649. The van der Waals surface area contributed by atoms with Crippen molar-refractivity contribution < 1.29 is 9.18 Å². The van der Waals surface area contributed by atoms with E-state index in [0.29, 0.717) is 21.1 Å². The zero-order valence-corrected chi connectivity index (χ0v) is 12.4. The van der Waals surface area contributed by atoms with Crippen molar-refractivity contribution in [2.75, 3.05) is 13.1 Å². The summed E-state index contributed by atoms with van der Waals surface area (Å²) >= 11 is 3.24. The molecule has 1 fully saturated rings. The van der Waals surface area contributed by atoms with Gasteiger partial charge in [0.05, 0.1) is 5.52 Å². The molecule has 1 aromatic carbocycles. The average molecular weight is 340 g/mol. The van der Waals surface area contributed by atoms with Crippen LogP contribution in [0.4, 0.5) is 4.39 Å². The normalized spacial score (nSPS) is 19.2. The van der Waals surface area contributed by atoms with E-state index >= 15 is 0 Å². The number of hydrogen-bond acceptors (Lipinski definition) is 2. The van der Waals surface area contributed by atoms with Crippen molar-refractivity contribution in [3.63, 3.8) is 0 Å². The molecule has 0 radical (unpaired) electrons. The summed E-state index contributed by atoms with van der Waals surface area (Å²) in [7, 11) is 0. The molecule has 0 spiro atoms. The lowest BCUT2D eigenvalue weighted by Crippen LogP contribution is -2.45. The summed E-state index contributed by atoms with van der Waals surface area (Å²) in [5, 5.41) is 6.64. The Morgan fingerprint density at radius 2 is 2.25 bits per heavy atom. The Morgan fingerprint density at radius 1 is 1.40 bits per heavy atom. The van der Waals surface area contributed by atoms with E-state index in [1.165, 1.54) is 6.07 Å². The van der Waals surface area contributed by atoms with Crippen LogP contribution in [0.25, 0.3) is 10.9 Å². The molecule has 2 aromatic rings. The fraction of sp³-hybridized carbons (Fsp3) is 0.357. The van der Waals surface area contributed by atoms with Crippen LogP contribution in [0.2, 0.25) is 0 Å². The highest BCUT2D eigenvalue weighted by Crippen LogP contribution is 2.24. The van der Waals surface area contributed by atoms with Gasteiger partial charge in [-0.15, -0.1) is 0 Å². The van der Waals surface area contributed by atoms with Crippen LogP contribution in [0.1, 0.15) is 23.3 Å². The summed E-state index contributed by atoms with van der Waals surface area (Å²) in [5.74, 6) is -0.533. The zero-order chi connectivity index (χ0) is 14.1. The number of carbonyl (C=O) groups excluding carboxylic acids is 1. The monoisotopic (exact) mass is 339 g/mol. The van der Waals surface area contributed by atoms with E-state index < -0.39 is 0 Å². The molecule has 6 heteroatoms. The van der Waals surface area contributed by atoms with Gasteiger partial charge in [0.25, 0.3) is 5.91 Å². The smallest absolute Gasteiger partial charge is 0.267 e. The molecule has 0 aliphatic carbocycles. The molecule has 1 aliphatic rings. The molecule has 0 unspecified atom stereocenters. The van der Waals surface area contributed by atoms with Gasteiger partial charge >= 0.3 is 0 Å². The van der Waals surface area contributed by atoms with E-state index in [2.05, 4.69) is 31.5 Å². The molecule has 2 heterocycles. The number of hydrogen-bond donors (Lipinski definition) is 3. The van der Waals surface area contributed by atoms with Gasteiger partial charge in [-0.3, -0.25) is 4.79 Å². The minimum Gasteiger partial charge on any atom is -0.350 e. The highest BCUT2D eigenvalue weighted by atomic mass is 79.9. The van der Waals surface area contributed by atoms with Crippen LogP contribution in [0.15, 0.2) is 22.7 Å². The molecule has 3 rings (SSSR count). The number of piperidine rings is 1. The summed E-state index contributed by atoms with van der Waals surface area (Å²) in [5.41, 5.74) is 1.01. The standard InChI is InChI=1S/C14H15BrFN3O/c15-8-4-11(16)10-6-13(19-12(10)5-8)14(20)18-9-2-1-3-17-7-9/h4-6,9,17,19H,1-3,7H2,(H,18,20)/t9-/m1/s1. The lowest BCUT2D eigenvalue weighted by atomic mass is 10.1. The van der Waals surface area contributed by atoms with Gasteiger partial charge in [-0.1, -0.05) is 15.9 Å². The molecule has 0 saturated carbocycles. The lowest BCUT2D eigenvalue weighted by Gasteiger charge is -2.23. The molecule has 4 nitrogen and oxygen atoms in total. The quantitative estimate of drug-likeness (QED) is 0.787. The predicted molar refractivity (Wildman–Crippen MR) is 79.3 cm³/mol. The number of rotatable bonds is 2. The number of H-pyrrole nitrogens is 1. The first-order chi connectivity index (χ1) is 9.63. The number of nitrogens with one attached hydrogen (secondary N) is 3. The molecular weight excluding hydrogens is 325 g/mol. The Hall–Kier alpha value is -1.40. The van der Waals surface area contributed by atoms with Crippen LogP contribution in [0, 0.1) is 5.82 Å². The third-order valence-corrected chi connectivity index (χ3v) is 3.99. The van der Waals surface area contributed by atoms with Crippen LogP contribution in [-0.4, -0.2) is 30.0 Å². The van der Waals surface area contributed by atoms with E-state index in [4.69, 9.17) is 0 Å². The van der Waals surface area contributed by atoms with Gasteiger partial charge < -0.3 is 15.6 Å². The van der Waals surface area contributed by atoms with Crippen molar-refractivity contribution in [1.29, 1.82) is 0 Å². The maximum Gasteiger partial charge on any atom is 0.267 e. The molecule has 20 heavy (non-hydrogen) atoms. The molecule has 3 N–H and O–H groups in total. The van der Waals surface area contributed by atoms with Crippen molar-refractivity contribution >= 4 is 32.7 Å². The fourth-order valence-corrected chi connectivity index (χ4v) is 2.95. The Balaban J connectivity index is 1.82. The number of benzene rings is 1. The van der Waals surface area contributed by atoms with E-state index in [9.17, 15) is 9.18 Å². The molecule has 1 atom stereocenters. The van der Waals surface area contributed by atoms with Crippen LogP contribution >= 0.6 is 15.9 Å². The largest absolute Gasteiger partial charge is 0.350 e.